The Kier molecular flexibility index (Phi) is 6.26. The Morgan fingerprint density at radius 1 is 1.40 bits per heavy atom. The molecule has 0 heterocycles. The Morgan fingerprint density at radius 3 is 2.87 bits per heavy atom. The van der Waals surface area contributed by atoms with Crippen molar-refractivity contribution >= 4 is 0 Å². The van der Waals surface area contributed by atoms with Gasteiger partial charge in [-0.05, 0) is 45.1 Å². The van der Waals surface area contributed by atoms with Crippen LogP contribution in [0.1, 0.15) is 46.5 Å². The summed E-state index contributed by atoms with van der Waals surface area (Å²) in [5.74, 6) is 1.84. The fraction of sp³-hybridized carbons (Fsp3) is 1.00. The molecule has 1 aliphatic carbocycles. The summed E-state index contributed by atoms with van der Waals surface area (Å²) in [4.78, 5) is 0. The minimum atomic E-state index is 0.502. The van der Waals surface area contributed by atoms with E-state index in [2.05, 4.69) is 26.1 Å². The molecule has 0 aromatic rings. The highest BCUT2D eigenvalue weighted by Crippen LogP contribution is 2.27. The van der Waals surface area contributed by atoms with Gasteiger partial charge in [-0.15, -0.1) is 0 Å². The van der Waals surface area contributed by atoms with Crippen LogP contribution in [0.25, 0.3) is 0 Å². The predicted molar refractivity (Wildman–Crippen MR) is 65.1 cm³/mol. The maximum absolute atomic E-state index is 5.39. The van der Waals surface area contributed by atoms with Gasteiger partial charge in [-0.1, -0.05) is 19.8 Å². The van der Waals surface area contributed by atoms with E-state index in [1.807, 2.05) is 0 Å². The smallest absolute Gasteiger partial charge is 0.0616 e. The van der Waals surface area contributed by atoms with Gasteiger partial charge in [0.05, 0.1) is 6.61 Å². The summed E-state index contributed by atoms with van der Waals surface area (Å²) in [5.41, 5.74) is 0. The van der Waals surface area contributed by atoms with Gasteiger partial charge in [0, 0.05) is 12.6 Å². The molecule has 0 saturated heterocycles. The van der Waals surface area contributed by atoms with Crippen molar-refractivity contribution in [2.24, 2.45) is 11.8 Å². The molecule has 0 bridgehead atoms. The molecule has 0 radical (unpaired) electrons. The van der Waals surface area contributed by atoms with Gasteiger partial charge in [0.25, 0.3) is 0 Å². The lowest BCUT2D eigenvalue weighted by molar-refractivity contribution is 0.124. The summed E-state index contributed by atoms with van der Waals surface area (Å²) in [7, 11) is 0. The quantitative estimate of drug-likeness (QED) is 0.732. The predicted octanol–water partition coefficient (Wildman–Crippen LogP) is 2.83. The van der Waals surface area contributed by atoms with E-state index in [4.69, 9.17) is 4.74 Å². The average molecular weight is 213 g/mol. The number of rotatable bonds is 6. The van der Waals surface area contributed by atoms with E-state index in [0.29, 0.717) is 6.04 Å². The third-order valence-corrected chi connectivity index (χ3v) is 3.37. The molecule has 0 spiro atoms. The topological polar surface area (TPSA) is 21.3 Å². The molecule has 0 aliphatic heterocycles. The summed E-state index contributed by atoms with van der Waals surface area (Å²) in [5, 5.41) is 3.58. The van der Waals surface area contributed by atoms with Crippen molar-refractivity contribution in [1.29, 1.82) is 0 Å². The van der Waals surface area contributed by atoms with Crippen LogP contribution in [-0.4, -0.2) is 25.8 Å². The number of hydrogen-bond donors (Lipinski definition) is 1. The first-order chi connectivity index (χ1) is 7.22. The van der Waals surface area contributed by atoms with Crippen molar-refractivity contribution in [1.82, 2.24) is 5.32 Å². The zero-order valence-electron chi connectivity index (χ0n) is 10.6. The van der Waals surface area contributed by atoms with E-state index in [1.54, 1.807) is 0 Å². The summed E-state index contributed by atoms with van der Waals surface area (Å²) in [6.07, 6.45) is 5.69. The molecule has 1 aliphatic rings. The lowest BCUT2D eigenvalue weighted by Crippen LogP contribution is -2.35. The van der Waals surface area contributed by atoms with Crippen LogP contribution >= 0.6 is 0 Å². The third kappa shape index (κ3) is 5.53. The Hall–Kier alpha value is -0.0800. The van der Waals surface area contributed by atoms with Crippen molar-refractivity contribution in [3.63, 3.8) is 0 Å². The van der Waals surface area contributed by atoms with E-state index < -0.39 is 0 Å². The highest BCUT2D eigenvalue weighted by atomic mass is 16.5. The molecule has 1 rings (SSSR count). The monoisotopic (exact) mass is 213 g/mol. The molecule has 0 aromatic heterocycles. The second kappa shape index (κ2) is 7.24. The zero-order valence-corrected chi connectivity index (χ0v) is 10.6. The molecule has 1 saturated carbocycles. The first-order valence-corrected chi connectivity index (χ1v) is 6.53. The van der Waals surface area contributed by atoms with E-state index in [-0.39, 0.29) is 0 Å². The minimum Gasteiger partial charge on any atom is -0.380 e. The van der Waals surface area contributed by atoms with Crippen LogP contribution in [0.4, 0.5) is 0 Å². The highest BCUT2D eigenvalue weighted by Gasteiger charge is 2.18. The summed E-state index contributed by atoms with van der Waals surface area (Å²) in [6.45, 7) is 9.50. The van der Waals surface area contributed by atoms with Crippen LogP contribution in [0, 0.1) is 11.8 Å². The van der Waals surface area contributed by atoms with Crippen LogP contribution in [0.5, 0.6) is 0 Å². The van der Waals surface area contributed by atoms with Crippen molar-refractivity contribution in [2.45, 2.75) is 52.5 Å². The van der Waals surface area contributed by atoms with Gasteiger partial charge in [-0.3, -0.25) is 0 Å². The van der Waals surface area contributed by atoms with E-state index in [1.165, 1.54) is 32.2 Å². The Balaban J connectivity index is 2.07. The third-order valence-electron chi connectivity index (χ3n) is 3.37. The Bertz CT molecular complexity index is 161. The maximum Gasteiger partial charge on any atom is 0.0616 e. The molecule has 1 N–H and O–H groups in total. The van der Waals surface area contributed by atoms with Gasteiger partial charge in [0.2, 0.25) is 0 Å². The normalized spacial score (nSPS) is 29.0. The molecule has 0 amide bonds. The van der Waals surface area contributed by atoms with E-state index >= 15 is 0 Å². The summed E-state index contributed by atoms with van der Waals surface area (Å²) in [6, 6.07) is 0.502. The Morgan fingerprint density at radius 2 is 2.20 bits per heavy atom. The van der Waals surface area contributed by atoms with Gasteiger partial charge in [0.15, 0.2) is 0 Å². The van der Waals surface area contributed by atoms with E-state index in [0.717, 1.165) is 25.0 Å². The van der Waals surface area contributed by atoms with Crippen molar-refractivity contribution in [2.75, 3.05) is 19.8 Å². The standard InChI is InChI=1S/C13H27NO/c1-4-15-10-12(3)14-9-13-7-5-6-11(2)8-13/h11-14H,4-10H2,1-3H3. The molecule has 1 fully saturated rings. The SMILES string of the molecule is CCOCC(C)NCC1CCCC(C)C1. The van der Waals surface area contributed by atoms with Gasteiger partial charge >= 0.3 is 0 Å². The zero-order chi connectivity index (χ0) is 11.1. The highest BCUT2D eigenvalue weighted by molar-refractivity contribution is 4.73. The summed E-state index contributed by atoms with van der Waals surface area (Å²) >= 11 is 0. The molecule has 90 valence electrons. The van der Waals surface area contributed by atoms with Crippen molar-refractivity contribution in [3.8, 4) is 0 Å². The lowest BCUT2D eigenvalue weighted by Gasteiger charge is -2.28. The van der Waals surface area contributed by atoms with Crippen LogP contribution in [-0.2, 0) is 4.74 Å². The maximum atomic E-state index is 5.39. The van der Waals surface area contributed by atoms with Gasteiger partial charge in [-0.25, -0.2) is 0 Å². The average Bonchev–Trinajstić information content (AvgIpc) is 2.23. The van der Waals surface area contributed by atoms with Gasteiger partial charge < -0.3 is 10.1 Å². The van der Waals surface area contributed by atoms with Gasteiger partial charge in [-0.2, -0.15) is 0 Å². The molecular formula is C13H27NO. The largest absolute Gasteiger partial charge is 0.380 e. The number of hydrogen-bond acceptors (Lipinski definition) is 2. The molecular weight excluding hydrogens is 186 g/mol. The molecule has 2 heteroatoms. The van der Waals surface area contributed by atoms with Crippen LogP contribution < -0.4 is 5.32 Å². The first kappa shape index (κ1) is 13.0. The number of ether oxygens (including phenoxy) is 1. The first-order valence-electron chi connectivity index (χ1n) is 6.53. The van der Waals surface area contributed by atoms with Crippen LogP contribution in [0.2, 0.25) is 0 Å². The van der Waals surface area contributed by atoms with Crippen LogP contribution in [0.15, 0.2) is 0 Å². The fourth-order valence-corrected chi connectivity index (χ4v) is 2.47. The molecule has 2 nitrogen and oxygen atoms in total. The van der Waals surface area contributed by atoms with Crippen LogP contribution in [0.3, 0.4) is 0 Å². The van der Waals surface area contributed by atoms with E-state index in [9.17, 15) is 0 Å². The summed E-state index contributed by atoms with van der Waals surface area (Å²) < 4.78 is 5.39. The number of nitrogens with one attached hydrogen (secondary N) is 1. The second-order valence-corrected chi connectivity index (χ2v) is 5.11. The molecule has 3 unspecified atom stereocenters. The van der Waals surface area contributed by atoms with Crippen molar-refractivity contribution in [3.05, 3.63) is 0 Å². The van der Waals surface area contributed by atoms with Crippen molar-refractivity contribution < 1.29 is 4.74 Å². The second-order valence-electron chi connectivity index (χ2n) is 5.11. The molecule has 15 heavy (non-hydrogen) atoms. The van der Waals surface area contributed by atoms with Gasteiger partial charge in [0.1, 0.15) is 0 Å². The molecule has 3 atom stereocenters. The Labute approximate surface area is 94.8 Å². The molecule has 0 aromatic carbocycles. The fourth-order valence-electron chi connectivity index (χ4n) is 2.47. The minimum absolute atomic E-state index is 0.502. The lowest BCUT2D eigenvalue weighted by atomic mass is 9.82.